The van der Waals surface area contributed by atoms with Crippen LogP contribution in [0.3, 0.4) is 0 Å². The molecule has 0 unspecified atom stereocenters. The standard InChI is InChI=1S/C9H7N5/c10-14-9-8(12-13-14)5-6-3-1-2-4-7(6)11-9/h1-5H,10H2. The number of hydrogen-bond acceptors (Lipinski definition) is 4. The summed E-state index contributed by atoms with van der Waals surface area (Å²) >= 11 is 0. The molecule has 0 aliphatic rings. The van der Waals surface area contributed by atoms with Crippen LogP contribution >= 0.6 is 0 Å². The summed E-state index contributed by atoms with van der Waals surface area (Å²) in [6.45, 7) is 0. The Morgan fingerprint density at radius 1 is 1.14 bits per heavy atom. The third kappa shape index (κ3) is 0.861. The summed E-state index contributed by atoms with van der Waals surface area (Å²) in [5.74, 6) is 5.55. The van der Waals surface area contributed by atoms with Gasteiger partial charge in [-0.15, -0.1) is 9.89 Å². The predicted octanol–water partition coefficient (Wildman–Crippen LogP) is 0.693. The van der Waals surface area contributed by atoms with Crippen molar-refractivity contribution in [1.82, 2.24) is 20.1 Å². The molecule has 0 amide bonds. The van der Waals surface area contributed by atoms with Crippen LogP contribution in [0.2, 0.25) is 0 Å². The average Bonchev–Trinajstić information content (AvgIpc) is 2.57. The Labute approximate surface area is 79.1 Å². The highest BCUT2D eigenvalue weighted by atomic mass is 15.6. The van der Waals surface area contributed by atoms with Crippen molar-refractivity contribution in [3.8, 4) is 0 Å². The van der Waals surface area contributed by atoms with Gasteiger partial charge in [0.2, 0.25) is 5.65 Å². The largest absolute Gasteiger partial charge is 0.320 e. The van der Waals surface area contributed by atoms with Gasteiger partial charge in [-0.2, -0.15) is 0 Å². The number of fused-ring (bicyclic) bond motifs is 2. The normalized spacial score (nSPS) is 11.1. The highest BCUT2D eigenvalue weighted by molar-refractivity contribution is 5.88. The van der Waals surface area contributed by atoms with Gasteiger partial charge in [-0.3, -0.25) is 0 Å². The van der Waals surface area contributed by atoms with Crippen molar-refractivity contribution in [3.63, 3.8) is 0 Å². The van der Waals surface area contributed by atoms with Gasteiger partial charge < -0.3 is 5.84 Å². The van der Waals surface area contributed by atoms with E-state index in [1.54, 1.807) is 0 Å². The first-order chi connectivity index (χ1) is 6.84. The van der Waals surface area contributed by atoms with Crippen molar-refractivity contribution < 1.29 is 0 Å². The maximum atomic E-state index is 5.55. The lowest BCUT2D eigenvalue weighted by Gasteiger charge is -1.96. The second-order valence-electron chi connectivity index (χ2n) is 3.06. The van der Waals surface area contributed by atoms with E-state index in [9.17, 15) is 0 Å². The van der Waals surface area contributed by atoms with E-state index >= 15 is 0 Å². The van der Waals surface area contributed by atoms with Crippen LogP contribution in [0.4, 0.5) is 0 Å². The van der Waals surface area contributed by atoms with E-state index in [1.807, 2.05) is 30.3 Å². The van der Waals surface area contributed by atoms with Crippen LogP contribution in [-0.4, -0.2) is 20.1 Å². The number of nitrogen functional groups attached to an aromatic ring is 1. The predicted molar refractivity (Wildman–Crippen MR) is 53.0 cm³/mol. The summed E-state index contributed by atoms with van der Waals surface area (Å²) in [6.07, 6.45) is 0. The summed E-state index contributed by atoms with van der Waals surface area (Å²) in [7, 11) is 0. The molecular formula is C9H7N5. The van der Waals surface area contributed by atoms with E-state index in [4.69, 9.17) is 5.84 Å². The fourth-order valence-corrected chi connectivity index (χ4v) is 1.48. The Morgan fingerprint density at radius 3 is 2.93 bits per heavy atom. The lowest BCUT2D eigenvalue weighted by Crippen LogP contribution is -2.10. The molecule has 14 heavy (non-hydrogen) atoms. The quantitative estimate of drug-likeness (QED) is 0.523. The maximum Gasteiger partial charge on any atom is 0.201 e. The third-order valence-electron chi connectivity index (χ3n) is 2.15. The summed E-state index contributed by atoms with van der Waals surface area (Å²) in [4.78, 5) is 5.53. The van der Waals surface area contributed by atoms with Crippen LogP contribution in [0.15, 0.2) is 30.3 Å². The second kappa shape index (κ2) is 2.41. The monoisotopic (exact) mass is 185 g/mol. The van der Waals surface area contributed by atoms with Gasteiger partial charge in [0.25, 0.3) is 0 Å². The first-order valence-electron chi connectivity index (χ1n) is 4.21. The number of hydrogen-bond donors (Lipinski definition) is 1. The van der Waals surface area contributed by atoms with E-state index in [-0.39, 0.29) is 0 Å². The van der Waals surface area contributed by atoms with Gasteiger partial charge in [0.15, 0.2) is 0 Å². The highest BCUT2D eigenvalue weighted by Crippen LogP contribution is 2.15. The van der Waals surface area contributed by atoms with Crippen LogP contribution in [0.25, 0.3) is 22.1 Å². The zero-order valence-corrected chi connectivity index (χ0v) is 7.25. The molecule has 0 spiro atoms. The molecule has 1 aromatic carbocycles. The van der Waals surface area contributed by atoms with Crippen LogP contribution in [0.5, 0.6) is 0 Å². The fourth-order valence-electron chi connectivity index (χ4n) is 1.48. The molecule has 0 atom stereocenters. The average molecular weight is 185 g/mol. The summed E-state index contributed by atoms with van der Waals surface area (Å²) in [5.41, 5.74) is 2.21. The molecule has 0 saturated carbocycles. The van der Waals surface area contributed by atoms with Gasteiger partial charge in [-0.25, -0.2) is 4.98 Å². The molecule has 5 heteroatoms. The molecule has 2 aromatic heterocycles. The molecule has 5 nitrogen and oxygen atoms in total. The molecule has 0 radical (unpaired) electrons. The number of para-hydroxylation sites is 1. The van der Waals surface area contributed by atoms with Crippen LogP contribution in [-0.2, 0) is 0 Å². The number of nitrogens with zero attached hydrogens (tertiary/aromatic N) is 4. The molecule has 2 N–H and O–H groups in total. The van der Waals surface area contributed by atoms with E-state index in [1.165, 1.54) is 4.79 Å². The minimum atomic E-state index is 0.601. The number of pyridine rings is 1. The summed E-state index contributed by atoms with van der Waals surface area (Å²) < 4.78 is 0. The zero-order chi connectivity index (χ0) is 9.54. The van der Waals surface area contributed by atoms with E-state index in [0.29, 0.717) is 11.2 Å². The summed E-state index contributed by atoms with van der Waals surface area (Å²) in [6, 6.07) is 9.74. The number of nitrogens with two attached hydrogens (primary N) is 1. The van der Waals surface area contributed by atoms with Crippen LogP contribution in [0.1, 0.15) is 0 Å². The minimum absolute atomic E-state index is 0.601. The van der Waals surface area contributed by atoms with Gasteiger partial charge >= 0.3 is 0 Å². The van der Waals surface area contributed by atoms with E-state index < -0.39 is 0 Å². The van der Waals surface area contributed by atoms with E-state index in [2.05, 4.69) is 15.3 Å². The Hall–Kier alpha value is -2.17. The lowest BCUT2D eigenvalue weighted by molar-refractivity contribution is 0.781. The van der Waals surface area contributed by atoms with Gasteiger partial charge in [0.05, 0.1) is 5.52 Å². The molecule has 0 saturated heterocycles. The molecule has 0 fully saturated rings. The van der Waals surface area contributed by atoms with Crippen molar-refractivity contribution in [3.05, 3.63) is 30.3 Å². The molecule has 0 bridgehead atoms. The number of rotatable bonds is 0. The second-order valence-corrected chi connectivity index (χ2v) is 3.06. The third-order valence-corrected chi connectivity index (χ3v) is 2.15. The van der Waals surface area contributed by atoms with Crippen molar-refractivity contribution in [2.45, 2.75) is 0 Å². The van der Waals surface area contributed by atoms with Gasteiger partial charge in [0, 0.05) is 5.39 Å². The molecule has 68 valence electrons. The summed E-state index contributed by atoms with van der Waals surface area (Å²) in [5, 5.41) is 8.64. The molecular weight excluding hydrogens is 178 g/mol. The van der Waals surface area contributed by atoms with Crippen molar-refractivity contribution in [1.29, 1.82) is 0 Å². The zero-order valence-electron chi connectivity index (χ0n) is 7.25. The molecule has 0 aliphatic heterocycles. The Morgan fingerprint density at radius 2 is 2.00 bits per heavy atom. The molecule has 0 aliphatic carbocycles. The number of benzene rings is 1. The first-order valence-corrected chi connectivity index (χ1v) is 4.21. The first kappa shape index (κ1) is 7.25. The van der Waals surface area contributed by atoms with Crippen molar-refractivity contribution in [2.24, 2.45) is 0 Å². The smallest absolute Gasteiger partial charge is 0.201 e. The fraction of sp³-hybridized carbons (Fsp3) is 0. The van der Waals surface area contributed by atoms with Crippen LogP contribution in [0, 0.1) is 0 Å². The Balaban J connectivity index is 2.54. The number of aromatic nitrogens is 4. The van der Waals surface area contributed by atoms with Gasteiger partial charge in [-0.1, -0.05) is 18.2 Å². The maximum absolute atomic E-state index is 5.55. The van der Waals surface area contributed by atoms with Gasteiger partial charge in [-0.05, 0) is 17.3 Å². The highest BCUT2D eigenvalue weighted by Gasteiger charge is 2.04. The Bertz CT molecular complexity index is 613. The Kier molecular flexibility index (Phi) is 1.25. The SMILES string of the molecule is Nn1nnc2cc3ccccc3nc21. The molecule has 3 rings (SSSR count). The molecule has 2 heterocycles. The minimum Gasteiger partial charge on any atom is -0.320 e. The van der Waals surface area contributed by atoms with Gasteiger partial charge in [0.1, 0.15) is 5.52 Å². The van der Waals surface area contributed by atoms with E-state index in [0.717, 1.165) is 10.9 Å². The van der Waals surface area contributed by atoms with Crippen molar-refractivity contribution >= 4 is 22.1 Å². The lowest BCUT2D eigenvalue weighted by atomic mass is 10.2. The van der Waals surface area contributed by atoms with Crippen LogP contribution < -0.4 is 5.84 Å². The molecule has 3 aromatic rings. The topological polar surface area (TPSA) is 69.6 Å². The van der Waals surface area contributed by atoms with Crippen molar-refractivity contribution in [2.75, 3.05) is 5.84 Å².